The molecule has 6 heteroatoms. The number of ketones is 1. The van der Waals surface area contributed by atoms with Crippen molar-refractivity contribution in [2.45, 2.75) is 38.0 Å². The lowest BCUT2D eigenvalue weighted by Gasteiger charge is -2.10. The van der Waals surface area contributed by atoms with Gasteiger partial charge in [0.2, 0.25) is 0 Å². The summed E-state index contributed by atoms with van der Waals surface area (Å²) in [7, 11) is 1.55. The summed E-state index contributed by atoms with van der Waals surface area (Å²) < 4.78 is 28.8. The van der Waals surface area contributed by atoms with Gasteiger partial charge in [-0.05, 0) is 30.0 Å². The van der Waals surface area contributed by atoms with E-state index in [1.54, 1.807) is 6.07 Å². The zero-order chi connectivity index (χ0) is 15.1. The Morgan fingerprint density at radius 1 is 1.40 bits per heavy atom. The molecule has 4 nitrogen and oxygen atoms in total. The van der Waals surface area contributed by atoms with Crippen LogP contribution in [0.2, 0.25) is 0 Å². The number of hydrogen-bond donors (Lipinski definition) is 0. The number of rotatable bonds is 4. The fourth-order valence-electron chi connectivity index (χ4n) is 2.11. The molecule has 0 radical (unpaired) electrons. The Hall–Kier alpha value is -1.33. The molecule has 0 aliphatic heterocycles. The van der Waals surface area contributed by atoms with E-state index in [2.05, 4.69) is 0 Å². The SMILES string of the molecule is CCC(C)c1ccc(S(=O)(=O)Cl)c2cc(C(C)=O)oc12. The lowest BCUT2D eigenvalue weighted by atomic mass is 9.97. The molecule has 0 saturated heterocycles. The molecule has 2 rings (SSSR count). The van der Waals surface area contributed by atoms with Gasteiger partial charge in [-0.15, -0.1) is 0 Å². The minimum absolute atomic E-state index is 0.0301. The maximum Gasteiger partial charge on any atom is 0.262 e. The Morgan fingerprint density at radius 3 is 2.55 bits per heavy atom. The summed E-state index contributed by atoms with van der Waals surface area (Å²) in [6.45, 7) is 5.41. The van der Waals surface area contributed by atoms with Crippen LogP contribution >= 0.6 is 10.7 Å². The van der Waals surface area contributed by atoms with Crippen LogP contribution in [0.4, 0.5) is 0 Å². The van der Waals surface area contributed by atoms with Crippen LogP contribution in [-0.2, 0) is 9.05 Å². The zero-order valence-electron chi connectivity index (χ0n) is 11.4. The molecular weight excluding hydrogens is 300 g/mol. The van der Waals surface area contributed by atoms with Gasteiger partial charge in [0, 0.05) is 23.0 Å². The smallest absolute Gasteiger partial charge is 0.262 e. The van der Waals surface area contributed by atoms with Crippen molar-refractivity contribution in [1.29, 1.82) is 0 Å². The highest BCUT2D eigenvalue weighted by Gasteiger charge is 2.22. The van der Waals surface area contributed by atoms with Crippen LogP contribution in [-0.4, -0.2) is 14.2 Å². The van der Waals surface area contributed by atoms with E-state index in [1.807, 2.05) is 13.8 Å². The van der Waals surface area contributed by atoms with Crippen molar-refractivity contribution in [2.75, 3.05) is 0 Å². The minimum Gasteiger partial charge on any atom is -0.453 e. The summed E-state index contributed by atoms with van der Waals surface area (Å²) >= 11 is 0. The first-order valence-electron chi connectivity index (χ1n) is 6.27. The van der Waals surface area contributed by atoms with Crippen molar-refractivity contribution in [1.82, 2.24) is 0 Å². The Balaban J connectivity index is 2.86. The minimum atomic E-state index is -3.89. The van der Waals surface area contributed by atoms with E-state index in [0.717, 1.165) is 12.0 Å². The number of hydrogen-bond acceptors (Lipinski definition) is 4. The predicted octanol–water partition coefficient (Wildman–Crippen LogP) is 4.08. The molecule has 1 aromatic heterocycles. The maximum absolute atomic E-state index is 11.6. The van der Waals surface area contributed by atoms with Gasteiger partial charge in [-0.1, -0.05) is 19.9 Å². The van der Waals surface area contributed by atoms with Crippen LogP contribution in [0, 0.1) is 0 Å². The third kappa shape index (κ3) is 2.60. The zero-order valence-corrected chi connectivity index (χ0v) is 13.0. The number of benzene rings is 1. The second-order valence-electron chi connectivity index (χ2n) is 4.81. The molecule has 0 aliphatic rings. The van der Waals surface area contributed by atoms with E-state index in [1.165, 1.54) is 19.1 Å². The number of carbonyl (C=O) groups excluding carboxylic acids is 1. The Bertz CT molecular complexity index is 774. The third-order valence-electron chi connectivity index (χ3n) is 3.43. The Kier molecular flexibility index (Phi) is 3.93. The van der Waals surface area contributed by atoms with E-state index in [4.69, 9.17) is 15.1 Å². The van der Waals surface area contributed by atoms with Crippen molar-refractivity contribution >= 4 is 36.5 Å². The van der Waals surface area contributed by atoms with E-state index >= 15 is 0 Å². The van der Waals surface area contributed by atoms with Gasteiger partial charge >= 0.3 is 0 Å². The first-order chi connectivity index (χ1) is 9.25. The number of Topliss-reactive ketones (excluding diaryl/α,β-unsaturated/α-hetero) is 1. The predicted molar refractivity (Wildman–Crippen MR) is 78.0 cm³/mol. The average molecular weight is 315 g/mol. The van der Waals surface area contributed by atoms with Crippen molar-refractivity contribution < 1.29 is 17.6 Å². The second-order valence-corrected chi connectivity index (χ2v) is 7.34. The fourth-order valence-corrected chi connectivity index (χ4v) is 3.16. The molecule has 1 unspecified atom stereocenters. The maximum atomic E-state index is 11.6. The van der Waals surface area contributed by atoms with Gasteiger partial charge in [0.05, 0.1) is 4.90 Å². The van der Waals surface area contributed by atoms with Crippen LogP contribution < -0.4 is 0 Å². The molecule has 0 bridgehead atoms. The third-order valence-corrected chi connectivity index (χ3v) is 4.81. The number of fused-ring (bicyclic) bond motifs is 1. The van der Waals surface area contributed by atoms with Gasteiger partial charge in [-0.2, -0.15) is 0 Å². The molecule has 2 aromatic rings. The average Bonchev–Trinajstić information content (AvgIpc) is 2.80. The van der Waals surface area contributed by atoms with Crippen LogP contribution in [0.15, 0.2) is 27.5 Å². The van der Waals surface area contributed by atoms with Crippen LogP contribution in [0.5, 0.6) is 0 Å². The Morgan fingerprint density at radius 2 is 2.05 bits per heavy atom. The molecule has 20 heavy (non-hydrogen) atoms. The number of carbonyl (C=O) groups is 1. The molecule has 0 N–H and O–H groups in total. The van der Waals surface area contributed by atoms with E-state index < -0.39 is 9.05 Å². The molecule has 108 valence electrons. The fraction of sp³-hybridized carbons (Fsp3) is 0.357. The largest absolute Gasteiger partial charge is 0.453 e. The van der Waals surface area contributed by atoms with Gasteiger partial charge in [0.25, 0.3) is 9.05 Å². The summed E-state index contributed by atoms with van der Waals surface area (Å²) in [6.07, 6.45) is 0.873. The van der Waals surface area contributed by atoms with Gasteiger partial charge in [-0.25, -0.2) is 8.42 Å². The highest BCUT2D eigenvalue weighted by molar-refractivity contribution is 8.14. The highest BCUT2D eigenvalue weighted by atomic mass is 35.7. The van der Waals surface area contributed by atoms with E-state index in [9.17, 15) is 13.2 Å². The molecular formula is C14H15ClO4S. The first-order valence-corrected chi connectivity index (χ1v) is 8.58. The van der Waals surface area contributed by atoms with E-state index in [-0.39, 0.29) is 22.4 Å². The van der Waals surface area contributed by atoms with Gasteiger partial charge < -0.3 is 4.42 Å². The normalized spacial score (nSPS) is 13.6. The van der Waals surface area contributed by atoms with Crippen LogP contribution in [0.1, 0.15) is 49.2 Å². The molecule has 1 aromatic carbocycles. The van der Waals surface area contributed by atoms with Crippen molar-refractivity contribution in [3.63, 3.8) is 0 Å². The highest BCUT2D eigenvalue weighted by Crippen LogP contribution is 2.35. The Labute approximate surface area is 122 Å². The van der Waals surface area contributed by atoms with Crippen molar-refractivity contribution in [2.24, 2.45) is 0 Å². The molecule has 1 atom stereocenters. The lowest BCUT2D eigenvalue weighted by Crippen LogP contribution is -1.96. The first kappa shape index (κ1) is 15.1. The second kappa shape index (κ2) is 5.22. The number of halogens is 1. The summed E-state index contributed by atoms with van der Waals surface area (Å²) in [5.74, 6) is 0.0714. The van der Waals surface area contributed by atoms with E-state index in [0.29, 0.717) is 11.0 Å². The summed E-state index contributed by atoms with van der Waals surface area (Å²) in [5.41, 5.74) is 1.30. The topological polar surface area (TPSA) is 64.3 Å². The van der Waals surface area contributed by atoms with Crippen LogP contribution in [0.25, 0.3) is 11.0 Å². The summed E-state index contributed by atoms with van der Waals surface area (Å²) in [4.78, 5) is 11.4. The monoisotopic (exact) mass is 314 g/mol. The van der Waals surface area contributed by atoms with Gasteiger partial charge in [0.1, 0.15) is 5.58 Å². The quantitative estimate of drug-likeness (QED) is 0.630. The lowest BCUT2D eigenvalue weighted by molar-refractivity contribution is 0.0989. The van der Waals surface area contributed by atoms with Crippen molar-refractivity contribution in [3.8, 4) is 0 Å². The molecule has 0 saturated carbocycles. The van der Waals surface area contributed by atoms with Crippen LogP contribution in [0.3, 0.4) is 0 Å². The molecule has 1 heterocycles. The molecule has 0 spiro atoms. The summed E-state index contributed by atoms with van der Waals surface area (Å²) in [6, 6.07) is 4.60. The molecule has 0 fully saturated rings. The molecule has 0 aliphatic carbocycles. The molecule has 0 amide bonds. The number of furan rings is 1. The van der Waals surface area contributed by atoms with Gasteiger partial charge in [0.15, 0.2) is 11.5 Å². The standard InChI is InChI=1S/C14H15ClO4S/c1-4-8(2)10-5-6-13(20(15,17)18)11-7-12(9(3)16)19-14(10)11/h5-8H,4H2,1-3H3. The van der Waals surface area contributed by atoms with Crippen molar-refractivity contribution in [3.05, 3.63) is 29.5 Å². The van der Waals surface area contributed by atoms with Gasteiger partial charge in [-0.3, -0.25) is 4.79 Å². The summed E-state index contributed by atoms with van der Waals surface area (Å²) in [5, 5.41) is 0.364.